The van der Waals surface area contributed by atoms with Crippen LogP contribution >= 0.6 is 11.6 Å². The SMILES string of the molecule is CC(=O)[C@H](Cc1ccccc1)NC(=O)COC(=O)c1ccc(Cl)cc1N. The Morgan fingerprint density at radius 3 is 2.46 bits per heavy atom. The van der Waals surface area contributed by atoms with Gasteiger partial charge in [-0.05, 0) is 37.1 Å². The van der Waals surface area contributed by atoms with Gasteiger partial charge in [-0.2, -0.15) is 0 Å². The van der Waals surface area contributed by atoms with Gasteiger partial charge in [0.05, 0.1) is 11.6 Å². The molecule has 0 aliphatic carbocycles. The summed E-state index contributed by atoms with van der Waals surface area (Å²) >= 11 is 5.77. The van der Waals surface area contributed by atoms with Gasteiger partial charge < -0.3 is 15.8 Å². The molecule has 0 heterocycles. The molecule has 0 spiro atoms. The third kappa shape index (κ3) is 5.60. The molecule has 1 atom stereocenters. The largest absolute Gasteiger partial charge is 0.452 e. The Balaban J connectivity index is 1.91. The number of ether oxygens (including phenoxy) is 1. The number of anilines is 1. The quantitative estimate of drug-likeness (QED) is 0.572. The Labute approximate surface area is 156 Å². The Bertz CT molecular complexity index is 808. The van der Waals surface area contributed by atoms with Crippen LogP contribution < -0.4 is 11.1 Å². The number of hydrogen-bond acceptors (Lipinski definition) is 5. The van der Waals surface area contributed by atoms with Gasteiger partial charge >= 0.3 is 5.97 Å². The summed E-state index contributed by atoms with van der Waals surface area (Å²) in [7, 11) is 0. The van der Waals surface area contributed by atoms with E-state index in [4.69, 9.17) is 22.1 Å². The lowest BCUT2D eigenvalue weighted by molar-refractivity contribution is -0.128. The molecule has 26 heavy (non-hydrogen) atoms. The summed E-state index contributed by atoms with van der Waals surface area (Å²) in [6, 6.07) is 13.0. The molecule has 2 aromatic rings. The Morgan fingerprint density at radius 1 is 1.15 bits per heavy atom. The molecule has 2 rings (SSSR count). The number of nitrogens with two attached hydrogens (primary N) is 1. The van der Waals surface area contributed by atoms with Crippen molar-refractivity contribution >= 4 is 34.9 Å². The molecule has 0 saturated carbocycles. The number of hydrogen-bond donors (Lipinski definition) is 2. The number of carbonyl (C=O) groups excluding carboxylic acids is 3. The highest BCUT2D eigenvalue weighted by Gasteiger charge is 2.19. The lowest BCUT2D eigenvalue weighted by atomic mass is 10.0. The Morgan fingerprint density at radius 2 is 1.85 bits per heavy atom. The van der Waals surface area contributed by atoms with E-state index in [0.29, 0.717) is 11.4 Å². The minimum absolute atomic E-state index is 0.120. The topological polar surface area (TPSA) is 98.5 Å². The van der Waals surface area contributed by atoms with Crippen molar-refractivity contribution in [2.24, 2.45) is 0 Å². The fourth-order valence-corrected chi connectivity index (χ4v) is 2.49. The van der Waals surface area contributed by atoms with Gasteiger partial charge in [0.2, 0.25) is 0 Å². The number of nitrogens with one attached hydrogen (secondary N) is 1. The smallest absolute Gasteiger partial charge is 0.340 e. The molecule has 2 aromatic carbocycles. The lowest BCUT2D eigenvalue weighted by Gasteiger charge is -2.16. The van der Waals surface area contributed by atoms with E-state index in [2.05, 4.69) is 5.32 Å². The number of esters is 1. The summed E-state index contributed by atoms with van der Waals surface area (Å²) in [6.45, 7) is 0.883. The van der Waals surface area contributed by atoms with Gasteiger partial charge in [-0.25, -0.2) is 4.79 Å². The summed E-state index contributed by atoms with van der Waals surface area (Å²) in [5.41, 5.74) is 6.90. The Kier molecular flexibility index (Phi) is 6.74. The molecular formula is C19H19ClN2O4. The van der Waals surface area contributed by atoms with Gasteiger partial charge in [-0.3, -0.25) is 9.59 Å². The molecule has 0 radical (unpaired) electrons. The van der Waals surface area contributed by atoms with Crippen LogP contribution in [0.15, 0.2) is 48.5 Å². The van der Waals surface area contributed by atoms with E-state index in [1.165, 1.54) is 25.1 Å². The van der Waals surface area contributed by atoms with Crippen molar-refractivity contribution in [1.29, 1.82) is 0 Å². The highest BCUT2D eigenvalue weighted by Crippen LogP contribution is 2.18. The fourth-order valence-electron chi connectivity index (χ4n) is 2.31. The van der Waals surface area contributed by atoms with Crippen LogP contribution in [0.25, 0.3) is 0 Å². The number of halogens is 1. The van der Waals surface area contributed by atoms with Crippen LogP contribution in [0.1, 0.15) is 22.8 Å². The second kappa shape index (κ2) is 9.01. The van der Waals surface area contributed by atoms with Crippen LogP contribution in [0.5, 0.6) is 0 Å². The van der Waals surface area contributed by atoms with E-state index < -0.39 is 24.5 Å². The van der Waals surface area contributed by atoms with Crippen molar-refractivity contribution in [1.82, 2.24) is 5.32 Å². The summed E-state index contributed by atoms with van der Waals surface area (Å²) < 4.78 is 4.96. The first-order valence-electron chi connectivity index (χ1n) is 7.92. The molecule has 0 saturated heterocycles. The second-order valence-corrected chi connectivity index (χ2v) is 6.16. The van der Waals surface area contributed by atoms with E-state index in [9.17, 15) is 14.4 Å². The van der Waals surface area contributed by atoms with Gasteiger partial charge in [-0.15, -0.1) is 0 Å². The Hall–Kier alpha value is -2.86. The maximum absolute atomic E-state index is 12.0. The van der Waals surface area contributed by atoms with Crippen molar-refractivity contribution in [3.63, 3.8) is 0 Å². The van der Waals surface area contributed by atoms with Gasteiger partial charge in [0, 0.05) is 10.7 Å². The number of carbonyl (C=O) groups is 3. The third-order valence-electron chi connectivity index (χ3n) is 3.68. The first kappa shape index (κ1) is 19.5. The van der Waals surface area contributed by atoms with Gasteiger partial charge in [0.1, 0.15) is 0 Å². The number of benzene rings is 2. The minimum Gasteiger partial charge on any atom is -0.452 e. The lowest BCUT2D eigenvalue weighted by Crippen LogP contribution is -2.43. The third-order valence-corrected chi connectivity index (χ3v) is 3.91. The number of Topliss-reactive ketones (excluding diaryl/α,β-unsaturated/α-hetero) is 1. The van der Waals surface area contributed by atoms with Crippen LogP contribution in [0.3, 0.4) is 0 Å². The monoisotopic (exact) mass is 374 g/mol. The van der Waals surface area contributed by atoms with Crippen molar-refractivity contribution in [3.05, 3.63) is 64.7 Å². The van der Waals surface area contributed by atoms with Gasteiger partial charge in [-0.1, -0.05) is 41.9 Å². The molecule has 1 amide bonds. The fraction of sp³-hybridized carbons (Fsp3) is 0.211. The van der Waals surface area contributed by atoms with Gasteiger partial charge in [0.25, 0.3) is 5.91 Å². The molecule has 6 nitrogen and oxygen atoms in total. The summed E-state index contributed by atoms with van der Waals surface area (Å²) in [5, 5.41) is 2.97. The number of nitrogen functional groups attached to an aromatic ring is 1. The average Bonchev–Trinajstić information content (AvgIpc) is 2.60. The van der Waals surface area contributed by atoms with E-state index >= 15 is 0 Å². The van der Waals surface area contributed by atoms with E-state index in [1.54, 1.807) is 0 Å². The molecular weight excluding hydrogens is 356 g/mol. The highest BCUT2D eigenvalue weighted by atomic mass is 35.5. The standard InChI is InChI=1S/C19H19ClN2O4/c1-12(23)17(9-13-5-3-2-4-6-13)22-18(24)11-26-19(25)15-8-7-14(20)10-16(15)21/h2-8,10,17H,9,11,21H2,1H3,(H,22,24)/t17-/m0/s1. The first-order valence-corrected chi connectivity index (χ1v) is 8.30. The predicted octanol–water partition coefficient (Wildman–Crippen LogP) is 2.40. The van der Waals surface area contributed by atoms with E-state index in [-0.39, 0.29) is 17.0 Å². The van der Waals surface area contributed by atoms with Crippen LogP contribution in [-0.2, 0) is 20.7 Å². The molecule has 7 heteroatoms. The molecule has 0 aromatic heterocycles. The van der Waals surface area contributed by atoms with Gasteiger partial charge in [0.15, 0.2) is 12.4 Å². The van der Waals surface area contributed by atoms with Crippen molar-refractivity contribution in [2.45, 2.75) is 19.4 Å². The molecule has 0 aliphatic heterocycles. The summed E-state index contributed by atoms with van der Waals surface area (Å²) in [5.74, 6) is -1.49. The molecule has 0 fully saturated rings. The summed E-state index contributed by atoms with van der Waals surface area (Å²) in [4.78, 5) is 35.8. The average molecular weight is 375 g/mol. The summed E-state index contributed by atoms with van der Waals surface area (Å²) in [6.07, 6.45) is 0.361. The van der Waals surface area contributed by atoms with Crippen molar-refractivity contribution in [3.8, 4) is 0 Å². The zero-order valence-electron chi connectivity index (χ0n) is 14.2. The minimum atomic E-state index is -0.739. The van der Waals surface area contributed by atoms with Crippen LogP contribution in [0.4, 0.5) is 5.69 Å². The number of amides is 1. The molecule has 0 aliphatic rings. The second-order valence-electron chi connectivity index (χ2n) is 5.73. The molecule has 3 N–H and O–H groups in total. The zero-order valence-corrected chi connectivity index (χ0v) is 15.0. The highest BCUT2D eigenvalue weighted by molar-refractivity contribution is 6.31. The maximum atomic E-state index is 12.0. The normalized spacial score (nSPS) is 11.5. The molecule has 0 bridgehead atoms. The predicted molar refractivity (Wildman–Crippen MR) is 98.9 cm³/mol. The van der Waals surface area contributed by atoms with E-state index in [0.717, 1.165) is 5.56 Å². The van der Waals surface area contributed by atoms with Crippen LogP contribution in [0.2, 0.25) is 5.02 Å². The maximum Gasteiger partial charge on any atom is 0.340 e. The number of ketones is 1. The number of rotatable bonds is 7. The van der Waals surface area contributed by atoms with Crippen LogP contribution in [0, 0.1) is 0 Å². The van der Waals surface area contributed by atoms with Crippen molar-refractivity contribution in [2.75, 3.05) is 12.3 Å². The zero-order chi connectivity index (χ0) is 19.1. The van der Waals surface area contributed by atoms with Crippen LogP contribution in [-0.4, -0.2) is 30.3 Å². The van der Waals surface area contributed by atoms with Crippen molar-refractivity contribution < 1.29 is 19.1 Å². The first-order chi connectivity index (χ1) is 12.4. The molecule has 136 valence electrons. The van der Waals surface area contributed by atoms with E-state index in [1.807, 2.05) is 30.3 Å². The molecule has 0 unspecified atom stereocenters.